The number of sulfonamides is 1. The number of benzene rings is 2. The van der Waals surface area contributed by atoms with Crippen LogP contribution in [0.1, 0.15) is 29.5 Å². The molecule has 2 aromatic rings. The van der Waals surface area contributed by atoms with E-state index in [1.54, 1.807) is 33.1 Å². The molecule has 0 aliphatic carbocycles. The van der Waals surface area contributed by atoms with Crippen LogP contribution in [-0.2, 0) is 26.0 Å². The van der Waals surface area contributed by atoms with E-state index in [2.05, 4.69) is 36.0 Å². The average molecular weight is 546 g/mol. The van der Waals surface area contributed by atoms with E-state index >= 15 is 0 Å². The predicted molar refractivity (Wildman–Crippen MR) is 152 cm³/mol. The molecule has 1 fully saturated rings. The van der Waals surface area contributed by atoms with E-state index in [1.807, 2.05) is 12.1 Å². The van der Waals surface area contributed by atoms with Crippen molar-refractivity contribution in [2.24, 2.45) is 5.92 Å². The van der Waals surface area contributed by atoms with Gasteiger partial charge in [-0.25, -0.2) is 8.42 Å². The van der Waals surface area contributed by atoms with Crippen LogP contribution in [0.3, 0.4) is 0 Å². The molecule has 0 saturated carbocycles. The van der Waals surface area contributed by atoms with Crippen LogP contribution in [0.25, 0.3) is 0 Å². The second-order valence-electron chi connectivity index (χ2n) is 10.5. The Morgan fingerprint density at radius 3 is 2.32 bits per heavy atom. The predicted octanol–water partition coefficient (Wildman–Crippen LogP) is 3.54. The lowest BCUT2D eigenvalue weighted by Gasteiger charge is -2.34. The van der Waals surface area contributed by atoms with Crippen LogP contribution in [0.4, 0.5) is 5.69 Å². The molecule has 0 aromatic heterocycles. The number of ketones is 1. The summed E-state index contributed by atoms with van der Waals surface area (Å²) in [6.45, 7) is 6.95. The number of ether oxygens (including phenoxy) is 2. The smallest absolute Gasteiger partial charge is 0.243 e. The number of hydrogen-bond donors (Lipinski definition) is 0. The third-order valence-corrected chi connectivity index (χ3v) is 9.23. The van der Waals surface area contributed by atoms with Gasteiger partial charge < -0.3 is 19.3 Å². The van der Waals surface area contributed by atoms with Crippen molar-refractivity contribution in [2.45, 2.75) is 38.0 Å². The maximum atomic E-state index is 13.1. The van der Waals surface area contributed by atoms with Crippen molar-refractivity contribution < 1.29 is 22.7 Å². The summed E-state index contributed by atoms with van der Waals surface area (Å²) in [6, 6.07) is 11.6. The van der Waals surface area contributed by atoms with Crippen LogP contribution < -0.4 is 9.64 Å². The summed E-state index contributed by atoms with van der Waals surface area (Å²) in [4.78, 5) is 17.5. The van der Waals surface area contributed by atoms with Gasteiger partial charge in [0.15, 0.2) is 5.78 Å². The highest BCUT2D eigenvalue weighted by Crippen LogP contribution is 2.28. The molecule has 1 aliphatic rings. The number of rotatable bonds is 13. The molecule has 3 rings (SSSR count). The quantitative estimate of drug-likeness (QED) is 0.356. The molecule has 210 valence electrons. The molecule has 0 spiro atoms. The molecule has 2 aromatic carbocycles. The zero-order chi connectivity index (χ0) is 27.9. The van der Waals surface area contributed by atoms with E-state index in [1.165, 1.54) is 24.2 Å². The molecule has 0 radical (unpaired) electrons. The van der Waals surface area contributed by atoms with Crippen LogP contribution in [-0.4, -0.2) is 91.1 Å². The fourth-order valence-electron chi connectivity index (χ4n) is 5.12. The summed E-state index contributed by atoms with van der Waals surface area (Å²) in [6.07, 6.45) is 2.65. The van der Waals surface area contributed by atoms with E-state index in [4.69, 9.17) is 9.47 Å². The van der Waals surface area contributed by atoms with Crippen LogP contribution in [0.2, 0.25) is 0 Å². The molecule has 0 bridgehead atoms. The van der Waals surface area contributed by atoms with E-state index in [-0.39, 0.29) is 30.4 Å². The maximum absolute atomic E-state index is 13.1. The average Bonchev–Trinajstić information content (AvgIpc) is 2.86. The molecule has 0 atom stereocenters. The van der Waals surface area contributed by atoms with Gasteiger partial charge in [-0.15, -0.1) is 0 Å². The van der Waals surface area contributed by atoms with E-state index in [0.29, 0.717) is 23.3 Å². The van der Waals surface area contributed by atoms with Crippen LogP contribution in [0.5, 0.6) is 5.75 Å². The molecular weight excluding hydrogens is 502 g/mol. The Morgan fingerprint density at radius 1 is 1.05 bits per heavy atom. The summed E-state index contributed by atoms with van der Waals surface area (Å²) >= 11 is 0. The second-order valence-corrected chi connectivity index (χ2v) is 12.5. The zero-order valence-electron chi connectivity index (χ0n) is 23.7. The fourth-order valence-corrected chi connectivity index (χ4v) is 6.68. The molecule has 1 heterocycles. The Labute approximate surface area is 228 Å². The van der Waals surface area contributed by atoms with Crippen molar-refractivity contribution in [2.75, 3.05) is 72.5 Å². The highest BCUT2D eigenvalue weighted by Gasteiger charge is 2.25. The van der Waals surface area contributed by atoms with Gasteiger partial charge in [0.2, 0.25) is 10.0 Å². The number of nitrogens with zero attached hydrogens (tertiary/aromatic N) is 3. The first-order chi connectivity index (χ1) is 18.0. The highest BCUT2D eigenvalue weighted by atomic mass is 32.2. The van der Waals surface area contributed by atoms with Gasteiger partial charge in [0.05, 0.1) is 18.6 Å². The van der Waals surface area contributed by atoms with Crippen LogP contribution in [0, 0.1) is 19.8 Å². The lowest BCUT2D eigenvalue weighted by Crippen LogP contribution is -2.37. The topological polar surface area (TPSA) is 79.4 Å². The number of hydrogen-bond acceptors (Lipinski definition) is 7. The Hall–Kier alpha value is -2.46. The standard InChI is InChI=1S/C29H43N3O5S/c1-22-16-28(36-6)17-23(2)29(22)38(34,35)31(5)14-15-37-21-27(33)19-25-8-7-9-26(18-25)32-12-10-24(11-13-32)20-30(3)4/h7-9,16-18,24H,10-15,19-21H2,1-6H3. The first-order valence-electron chi connectivity index (χ1n) is 13.2. The monoisotopic (exact) mass is 545 g/mol. The minimum atomic E-state index is -3.69. The number of carbonyl (C=O) groups is 1. The minimum Gasteiger partial charge on any atom is -0.497 e. The van der Waals surface area contributed by atoms with Gasteiger partial charge in [0.1, 0.15) is 12.4 Å². The van der Waals surface area contributed by atoms with Gasteiger partial charge in [-0.05, 0) is 87.7 Å². The van der Waals surface area contributed by atoms with Crippen molar-refractivity contribution in [3.05, 3.63) is 53.1 Å². The molecule has 8 nitrogen and oxygen atoms in total. The normalized spacial score (nSPS) is 14.9. The number of Topliss-reactive ketones (excluding diaryl/α,β-unsaturated/α-hetero) is 1. The second kappa shape index (κ2) is 13.6. The Morgan fingerprint density at radius 2 is 1.71 bits per heavy atom. The number of anilines is 1. The summed E-state index contributed by atoms with van der Waals surface area (Å²) in [5.74, 6) is 1.33. The summed E-state index contributed by atoms with van der Waals surface area (Å²) in [5, 5.41) is 0. The van der Waals surface area contributed by atoms with Gasteiger partial charge in [0, 0.05) is 45.3 Å². The van der Waals surface area contributed by atoms with Crippen molar-refractivity contribution in [3.8, 4) is 5.75 Å². The number of likely N-dealkylation sites (N-methyl/N-ethyl adjacent to an activating group) is 1. The van der Waals surface area contributed by atoms with Crippen LogP contribution >= 0.6 is 0 Å². The van der Waals surface area contributed by atoms with Gasteiger partial charge >= 0.3 is 0 Å². The SMILES string of the molecule is COc1cc(C)c(S(=O)(=O)N(C)CCOCC(=O)Cc2cccc(N3CCC(CN(C)C)CC3)c2)c(C)c1. The lowest BCUT2D eigenvalue weighted by atomic mass is 9.95. The number of carbonyl (C=O) groups excluding carboxylic acids is 1. The Kier molecular flexibility index (Phi) is 10.7. The fraction of sp³-hybridized carbons (Fsp3) is 0.552. The van der Waals surface area contributed by atoms with Gasteiger partial charge in [-0.1, -0.05) is 12.1 Å². The summed E-state index contributed by atoms with van der Waals surface area (Å²) in [5.41, 5.74) is 3.39. The first-order valence-corrected chi connectivity index (χ1v) is 14.6. The minimum absolute atomic E-state index is 0.0285. The Balaban J connectivity index is 1.46. The van der Waals surface area contributed by atoms with Crippen molar-refractivity contribution >= 4 is 21.5 Å². The van der Waals surface area contributed by atoms with E-state index < -0.39 is 10.0 Å². The highest BCUT2D eigenvalue weighted by molar-refractivity contribution is 7.89. The van der Waals surface area contributed by atoms with Gasteiger partial charge in [0.25, 0.3) is 0 Å². The summed E-state index contributed by atoms with van der Waals surface area (Å²) in [7, 11) is 3.64. The van der Waals surface area contributed by atoms with Gasteiger partial charge in [-0.2, -0.15) is 4.31 Å². The van der Waals surface area contributed by atoms with Crippen molar-refractivity contribution in [1.29, 1.82) is 0 Å². The molecule has 0 N–H and O–H groups in total. The maximum Gasteiger partial charge on any atom is 0.243 e. The van der Waals surface area contributed by atoms with E-state index in [0.717, 1.165) is 36.8 Å². The molecule has 1 saturated heterocycles. The summed E-state index contributed by atoms with van der Waals surface area (Å²) < 4.78 is 38.3. The largest absolute Gasteiger partial charge is 0.497 e. The zero-order valence-corrected chi connectivity index (χ0v) is 24.5. The van der Waals surface area contributed by atoms with Crippen LogP contribution in [0.15, 0.2) is 41.3 Å². The van der Waals surface area contributed by atoms with Gasteiger partial charge in [-0.3, -0.25) is 4.79 Å². The lowest BCUT2D eigenvalue weighted by molar-refractivity contribution is -0.122. The third-order valence-electron chi connectivity index (χ3n) is 7.07. The molecule has 1 aliphatic heterocycles. The third kappa shape index (κ3) is 8.02. The molecule has 0 amide bonds. The molecule has 38 heavy (non-hydrogen) atoms. The number of methoxy groups -OCH3 is 1. The molecule has 0 unspecified atom stereocenters. The number of piperidine rings is 1. The Bertz CT molecular complexity index is 1170. The molecular formula is C29H43N3O5S. The molecule has 9 heteroatoms. The first kappa shape index (κ1) is 30.1. The van der Waals surface area contributed by atoms with Crippen molar-refractivity contribution in [3.63, 3.8) is 0 Å². The van der Waals surface area contributed by atoms with E-state index in [9.17, 15) is 13.2 Å². The van der Waals surface area contributed by atoms with Crippen molar-refractivity contribution in [1.82, 2.24) is 9.21 Å². The number of aryl methyl sites for hydroxylation is 2.